The van der Waals surface area contributed by atoms with Crippen LogP contribution in [0.15, 0.2) is 27.4 Å². The zero-order chi connectivity index (χ0) is 11.4. The van der Waals surface area contributed by atoms with Gasteiger partial charge in [0.15, 0.2) is 5.58 Å². The Hall–Kier alpha value is -1.75. The molecule has 0 saturated carbocycles. The molecular formula is C11H14N2O3. The number of oxazole rings is 1. The van der Waals surface area contributed by atoms with Crippen LogP contribution in [0.2, 0.25) is 0 Å². The minimum Gasteiger partial charge on any atom is -0.408 e. The standard InChI is InChI=1S/C11H14N2O3/c14-6-2-1-5-12-8-3-4-9-10(7-8)16-11(15)13-9/h3-4,7,12,14H,1-2,5-6H2,(H,13,15). The van der Waals surface area contributed by atoms with Crippen LogP contribution in [0.5, 0.6) is 0 Å². The van der Waals surface area contributed by atoms with Crippen molar-refractivity contribution in [3.05, 3.63) is 28.7 Å². The second kappa shape index (κ2) is 4.85. The number of hydrogen-bond acceptors (Lipinski definition) is 4. The molecule has 0 spiro atoms. The summed E-state index contributed by atoms with van der Waals surface area (Å²) in [5.41, 5.74) is 2.16. The number of anilines is 1. The maximum Gasteiger partial charge on any atom is 0.417 e. The molecule has 2 aromatic rings. The summed E-state index contributed by atoms with van der Waals surface area (Å²) >= 11 is 0. The first-order chi connectivity index (χ1) is 7.79. The molecule has 1 aromatic carbocycles. The van der Waals surface area contributed by atoms with Crippen LogP contribution in [0.25, 0.3) is 11.1 Å². The number of nitrogens with one attached hydrogen (secondary N) is 2. The molecule has 2 rings (SSSR count). The van der Waals surface area contributed by atoms with Crippen LogP contribution in [0, 0.1) is 0 Å². The lowest BCUT2D eigenvalue weighted by Gasteiger charge is -2.04. The fourth-order valence-corrected chi connectivity index (χ4v) is 1.52. The molecular weight excluding hydrogens is 208 g/mol. The van der Waals surface area contributed by atoms with Gasteiger partial charge >= 0.3 is 5.76 Å². The first-order valence-corrected chi connectivity index (χ1v) is 5.27. The monoisotopic (exact) mass is 222 g/mol. The Morgan fingerprint density at radius 3 is 3.06 bits per heavy atom. The topological polar surface area (TPSA) is 78.3 Å². The van der Waals surface area contributed by atoms with Crippen LogP contribution in [0.3, 0.4) is 0 Å². The predicted octanol–water partition coefficient (Wildman–Crippen LogP) is 1.31. The first kappa shape index (κ1) is 10.8. The van der Waals surface area contributed by atoms with Gasteiger partial charge in [-0.3, -0.25) is 4.98 Å². The van der Waals surface area contributed by atoms with Gasteiger partial charge in [0.05, 0.1) is 5.52 Å². The average Bonchev–Trinajstić information content (AvgIpc) is 2.64. The summed E-state index contributed by atoms with van der Waals surface area (Å²) in [5, 5.41) is 11.8. The van der Waals surface area contributed by atoms with Crippen molar-refractivity contribution >= 4 is 16.8 Å². The molecule has 0 atom stereocenters. The number of aliphatic hydroxyl groups excluding tert-OH is 1. The van der Waals surface area contributed by atoms with Crippen LogP contribution in [-0.4, -0.2) is 23.2 Å². The third-order valence-corrected chi connectivity index (χ3v) is 2.34. The molecule has 0 radical (unpaired) electrons. The number of rotatable bonds is 5. The zero-order valence-electron chi connectivity index (χ0n) is 8.82. The van der Waals surface area contributed by atoms with E-state index < -0.39 is 5.76 Å². The fraction of sp³-hybridized carbons (Fsp3) is 0.364. The van der Waals surface area contributed by atoms with Crippen LogP contribution in [0.4, 0.5) is 5.69 Å². The normalized spacial score (nSPS) is 10.8. The number of unbranched alkanes of at least 4 members (excludes halogenated alkanes) is 1. The molecule has 0 amide bonds. The molecule has 0 aliphatic rings. The molecule has 3 N–H and O–H groups in total. The van der Waals surface area contributed by atoms with E-state index in [0.717, 1.165) is 25.1 Å². The zero-order valence-corrected chi connectivity index (χ0v) is 8.82. The summed E-state index contributed by atoms with van der Waals surface area (Å²) in [6.45, 7) is 1.01. The van der Waals surface area contributed by atoms with E-state index in [4.69, 9.17) is 9.52 Å². The number of aliphatic hydroxyl groups is 1. The van der Waals surface area contributed by atoms with E-state index in [1.54, 1.807) is 12.1 Å². The van der Waals surface area contributed by atoms with Crippen LogP contribution in [0.1, 0.15) is 12.8 Å². The Morgan fingerprint density at radius 1 is 1.38 bits per heavy atom. The van der Waals surface area contributed by atoms with E-state index in [0.29, 0.717) is 11.1 Å². The van der Waals surface area contributed by atoms with E-state index in [-0.39, 0.29) is 6.61 Å². The lowest BCUT2D eigenvalue weighted by Crippen LogP contribution is -2.01. The number of aromatic amines is 1. The van der Waals surface area contributed by atoms with Crippen LogP contribution < -0.4 is 11.1 Å². The SMILES string of the molecule is O=c1[nH]c2ccc(NCCCCO)cc2o1. The minimum atomic E-state index is -0.438. The van der Waals surface area contributed by atoms with Gasteiger partial charge in [-0.05, 0) is 25.0 Å². The molecule has 0 unspecified atom stereocenters. The van der Waals surface area contributed by atoms with Crippen molar-refractivity contribution in [3.63, 3.8) is 0 Å². The summed E-state index contributed by atoms with van der Waals surface area (Å²) in [4.78, 5) is 13.5. The van der Waals surface area contributed by atoms with E-state index in [9.17, 15) is 4.79 Å². The van der Waals surface area contributed by atoms with Crippen molar-refractivity contribution in [2.45, 2.75) is 12.8 Å². The number of benzene rings is 1. The molecule has 5 heteroatoms. The highest BCUT2D eigenvalue weighted by Crippen LogP contribution is 2.16. The van der Waals surface area contributed by atoms with Gasteiger partial charge in [-0.25, -0.2) is 4.79 Å². The molecule has 5 nitrogen and oxygen atoms in total. The minimum absolute atomic E-state index is 0.216. The molecule has 0 aliphatic carbocycles. The van der Waals surface area contributed by atoms with Crippen molar-refractivity contribution in [2.24, 2.45) is 0 Å². The summed E-state index contributed by atoms with van der Waals surface area (Å²) in [6.07, 6.45) is 1.69. The molecule has 1 heterocycles. The number of hydrogen-bond donors (Lipinski definition) is 3. The third kappa shape index (κ3) is 2.43. The van der Waals surface area contributed by atoms with Crippen LogP contribution in [-0.2, 0) is 0 Å². The maximum atomic E-state index is 10.9. The predicted molar refractivity (Wildman–Crippen MR) is 61.6 cm³/mol. The molecule has 16 heavy (non-hydrogen) atoms. The second-order valence-corrected chi connectivity index (χ2v) is 3.58. The van der Waals surface area contributed by atoms with E-state index in [2.05, 4.69) is 10.3 Å². The quantitative estimate of drug-likeness (QED) is 0.666. The van der Waals surface area contributed by atoms with Crippen molar-refractivity contribution < 1.29 is 9.52 Å². The van der Waals surface area contributed by atoms with Crippen molar-refractivity contribution in [3.8, 4) is 0 Å². The molecule has 86 valence electrons. The van der Waals surface area contributed by atoms with Gasteiger partial charge in [-0.15, -0.1) is 0 Å². The van der Waals surface area contributed by atoms with Gasteiger partial charge in [0, 0.05) is 24.9 Å². The second-order valence-electron chi connectivity index (χ2n) is 3.58. The maximum absolute atomic E-state index is 10.9. The molecule has 0 saturated heterocycles. The average molecular weight is 222 g/mol. The van der Waals surface area contributed by atoms with Gasteiger partial charge in [0.1, 0.15) is 0 Å². The summed E-state index contributed by atoms with van der Waals surface area (Å²) < 4.78 is 4.94. The van der Waals surface area contributed by atoms with Gasteiger partial charge in [0.2, 0.25) is 0 Å². The number of H-pyrrole nitrogens is 1. The molecule has 0 aliphatic heterocycles. The van der Waals surface area contributed by atoms with Crippen LogP contribution >= 0.6 is 0 Å². The van der Waals surface area contributed by atoms with Gasteiger partial charge in [-0.1, -0.05) is 0 Å². The van der Waals surface area contributed by atoms with Gasteiger partial charge in [0.25, 0.3) is 0 Å². The van der Waals surface area contributed by atoms with Crippen molar-refractivity contribution in [1.82, 2.24) is 4.98 Å². The smallest absolute Gasteiger partial charge is 0.408 e. The Bertz CT molecular complexity index is 515. The highest BCUT2D eigenvalue weighted by Gasteiger charge is 2.01. The Balaban J connectivity index is 2.04. The molecule has 0 fully saturated rings. The first-order valence-electron chi connectivity index (χ1n) is 5.27. The van der Waals surface area contributed by atoms with E-state index >= 15 is 0 Å². The molecule has 0 bridgehead atoms. The number of aromatic nitrogens is 1. The highest BCUT2D eigenvalue weighted by atomic mass is 16.4. The summed E-state index contributed by atoms with van der Waals surface area (Å²) in [5.74, 6) is -0.438. The largest absolute Gasteiger partial charge is 0.417 e. The Labute approximate surface area is 92.1 Å². The van der Waals surface area contributed by atoms with Gasteiger partial charge < -0.3 is 14.8 Å². The van der Waals surface area contributed by atoms with Crippen molar-refractivity contribution in [2.75, 3.05) is 18.5 Å². The Kier molecular flexibility index (Phi) is 3.26. The fourth-order valence-electron chi connectivity index (χ4n) is 1.52. The van der Waals surface area contributed by atoms with Crippen molar-refractivity contribution in [1.29, 1.82) is 0 Å². The summed E-state index contributed by atoms with van der Waals surface area (Å²) in [6, 6.07) is 5.47. The summed E-state index contributed by atoms with van der Waals surface area (Å²) in [7, 11) is 0. The number of fused-ring (bicyclic) bond motifs is 1. The van der Waals surface area contributed by atoms with E-state index in [1.165, 1.54) is 0 Å². The van der Waals surface area contributed by atoms with E-state index in [1.807, 2.05) is 6.07 Å². The molecule has 1 aromatic heterocycles. The lowest BCUT2D eigenvalue weighted by molar-refractivity contribution is 0.286. The lowest BCUT2D eigenvalue weighted by atomic mass is 10.2. The third-order valence-electron chi connectivity index (χ3n) is 2.34. The van der Waals surface area contributed by atoms with Gasteiger partial charge in [-0.2, -0.15) is 0 Å². The highest BCUT2D eigenvalue weighted by molar-refractivity contribution is 5.76. The Morgan fingerprint density at radius 2 is 2.25 bits per heavy atom.